The zero-order valence-electron chi connectivity index (χ0n) is 18.6. The molecule has 3 heterocycles. The molecular weight excluding hydrogens is 463 g/mol. The van der Waals surface area contributed by atoms with Gasteiger partial charge in [0.1, 0.15) is 23.7 Å². The van der Waals surface area contributed by atoms with E-state index in [9.17, 15) is 9.65 Å². The Labute approximate surface area is 206 Å². The molecule has 0 spiro atoms. The first-order chi connectivity index (χ1) is 17.0. The van der Waals surface area contributed by atoms with Gasteiger partial charge in [0.15, 0.2) is 11.6 Å². The van der Waals surface area contributed by atoms with E-state index in [0.29, 0.717) is 39.7 Å². The van der Waals surface area contributed by atoms with Crippen molar-refractivity contribution in [3.05, 3.63) is 89.6 Å². The Morgan fingerprint density at radius 1 is 1.29 bits per heavy atom. The van der Waals surface area contributed by atoms with Gasteiger partial charge in [-0.15, -0.1) is 10.2 Å². The van der Waals surface area contributed by atoms with E-state index >= 15 is 0 Å². The van der Waals surface area contributed by atoms with Crippen LogP contribution in [0.4, 0.5) is 15.9 Å². The minimum atomic E-state index is -0.685. The fourth-order valence-electron chi connectivity index (χ4n) is 4.25. The van der Waals surface area contributed by atoms with Gasteiger partial charge in [0.25, 0.3) is 0 Å². The summed E-state index contributed by atoms with van der Waals surface area (Å²) in [4.78, 5) is 11.9. The Bertz CT molecular complexity index is 1470. The van der Waals surface area contributed by atoms with E-state index in [4.69, 9.17) is 22.6 Å². The average Bonchev–Trinajstić information content (AvgIpc) is 3.38. The zero-order chi connectivity index (χ0) is 24.5. The molecule has 0 amide bonds. The third-order valence-electron chi connectivity index (χ3n) is 5.94. The van der Waals surface area contributed by atoms with Gasteiger partial charge >= 0.3 is 0 Å². The summed E-state index contributed by atoms with van der Waals surface area (Å²) >= 11 is 5.64. The lowest BCUT2D eigenvalue weighted by molar-refractivity contribution is 0.587. The third-order valence-corrected chi connectivity index (χ3v) is 6.43. The Kier molecular flexibility index (Phi) is 5.84. The summed E-state index contributed by atoms with van der Waals surface area (Å²) < 4.78 is 15.3. The van der Waals surface area contributed by atoms with Gasteiger partial charge in [-0.3, -0.25) is 4.57 Å². The maximum absolute atomic E-state index is 13.4. The Morgan fingerprint density at radius 2 is 2.09 bits per heavy atom. The van der Waals surface area contributed by atoms with Crippen LogP contribution in [-0.4, -0.2) is 35.8 Å². The molecule has 10 heteroatoms. The number of hydrogen-bond acceptors (Lipinski definition) is 8. The molecule has 1 aliphatic heterocycles. The van der Waals surface area contributed by atoms with Crippen molar-refractivity contribution < 1.29 is 4.39 Å². The molecule has 35 heavy (non-hydrogen) atoms. The van der Waals surface area contributed by atoms with Gasteiger partial charge in [-0.25, -0.2) is 14.4 Å². The van der Waals surface area contributed by atoms with Crippen LogP contribution in [-0.2, 0) is 0 Å². The first kappa shape index (κ1) is 22.4. The van der Waals surface area contributed by atoms with Crippen molar-refractivity contribution in [2.24, 2.45) is 0 Å². The predicted molar refractivity (Wildman–Crippen MR) is 133 cm³/mol. The second-order valence-corrected chi connectivity index (χ2v) is 8.41. The molecule has 0 bridgehead atoms. The van der Waals surface area contributed by atoms with Crippen molar-refractivity contribution in [3.63, 3.8) is 0 Å². The van der Waals surface area contributed by atoms with Crippen LogP contribution in [0.2, 0.25) is 0 Å². The maximum atomic E-state index is 13.4. The van der Waals surface area contributed by atoms with Gasteiger partial charge in [0, 0.05) is 16.8 Å². The van der Waals surface area contributed by atoms with Crippen LogP contribution in [0.5, 0.6) is 0 Å². The highest BCUT2D eigenvalue weighted by molar-refractivity contribution is 7.81. The number of nitriles is 1. The first-order valence-corrected chi connectivity index (χ1v) is 11.3. The van der Waals surface area contributed by atoms with Gasteiger partial charge in [-0.2, -0.15) is 5.26 Å². The molecule has 0 saturated heterocycles. The molecular formula is C25H19FN8S. The largest absolute Gasteiger partial charge is 0.314 e. The number of benzene rings is 2. The number of rotatable bonds is 6. The van der Waals surface area contributed by atoms with Crippen molar-refractivity contribution in [2.75, 3.05) is 4.90 Å². The summed E-state index contributed by atoms with van der Waals surface area (Å²) in [6, 6.07) is 15.1. The number of nitrogens with zero attached hydrogens (tertiary/aromatic N) is 7. The summed E-state index contributed by atoms with van der Waals surface area (Å²) in [7, 11) is 0. The number of anilines is 2. The predicted octanol–water partition coefficient (Wildman–Crippen LogP) is 4.82. The molecule has 2 aromatic heterocycles. The van der Waals surface area contributed by atoms with Crippen molar-refractivity contribution in [3.8, 4) is 11.8 Å². The number of hydrogen-bond donors (Lipinski definition) is 1. The van der Waals surface area contributed by atoms with Gasteiger partial charge in [0.2, 0.25) is 0 Å². The first-order valence-electron chi connectivity index (χ1n) is 10.9. The number of aromatic nitrogens is 5. The zero-order valence-corrected chi connectivity index (χ0v) is 19.4. The van der Waals surface area contributed by atoms with Crippen molar-refractivity contribution in [1.29, 1.82) is 10.7 Å². The van der Waals surface area contributed by atoms with E-state index in [0.717, 1.165) is 11.5 Å². The van der Waals surface area contributed by atoms with E-state index in [2.05, 4.69) is 21.3 Å². The monoisotopic (exact) mass is 482 g/mol. The lowest BCUT2D eigenvalue weighted by Gasteiger charge is -2.37. The molecule has 0 saturated carbocycles. The van der Waals surface area contributed by atoms with Crippen LogP contribution < -0.4 is 4.90 Å². The molecule has 2 aromatic carbocycles. The molecule has 5 rings (SSSR count). The van der Waals surface area contributed by atoms with Crippen molar-refractivity contribution in [2.45, 2.75) is 25.3 Å². The van der Waals surface area contributed by atoms with E-state index in [-0.39, 0.29) is 11.9 Å². The highest BCUT2D eigenvalue weighted by Gasteiger charge is 2.35. The minimum absolute atomic E-state index is 0.191. The summed E-state index contributed by atoms with van der Waals surface area (Å²) in [5.74, 6) is 0.636. The van der Waals surface area contributed by atoms with Crippen LogP contribution in [0, 0.1) is 22.6 Å². The molecule has 0 fully saturated rings. The van der Waals surface area contributed by atoms with Gasteiger partial charge in [-0.1, -0.05) is 37.3 Å². The van der Waals surface area contributed by atoms with E-state index in [1.54, 1.807) is 36.8 Å². The quantitative estimate of drug-likeness (QED) is 0.238. The second-order valence-electron chi connectivity index (χ2n) is 7.97. The molecule has 0 radical (unpaired) electrons. The molecule has 8 nitrogen and oxygen atoms in total. The van der Waals surface area contributed by atoms with E-state index in [1.807, 2.05) is 28.5 Å². The molecule has 1 N–H and O–H groups in total. The standard InChI is InChI=1S/C25H19FN8S/c1-2-20-25-32-30-14-33(25)21-13-29-23(19(12-28)22(35)16-6-8-17(26)9-7-16)31-24(21)34(20)18-5-3-4-15(10-18)11-27/h3-10,12-14,19-20,28H,2H2,1H3. The van der Waals surface area contributed by atoms with Gasteiger partial charge < -0.3 is 10.3 Å². The lowest BCUT2D eigenvalue weighted by Crippen LogP contribution is -2.33. The fraction of sp³-hybridized carbons (Fsp3) is 0.160. The smallest absolute Gasteiger partial charge is 0.161 e. The topological polar surface area (TPSA) is 107 Å². The van der Waals surface area contributed by atoms with Crippen LogP contribution >= 0.6 is 12.2 Å². The SMILES string of the molecule is CCC1c2nncn2-c2cnc(C(C=N)C(=S)c3ccc(F)cc3)nc2N1c1cccc(C#N)c1. The van der Waals surface area contributed by atoms with Crippen molar-refractivity contribution in [1.82, 2.24) is 24.7 Å². The van der Waals surface area contributed by atoms with Crippen LogP contribution in [0.1, 0.15) is 48.1 Å². The highest BCUT2D eigenvalue weighted by Crippen LogP contribution is 2.43. The molecule has 4 aromatic rings. The van der Waals surface area contributed by atoms with Gasteiger partial charge in [-0.05, 0) is 42.3 Å². The summed E-state index contributed by atoms with van der Waals surface area (Å²) in [6.07, 6.45) is 5.19. The maximum Gasteiger partial charge on any atom is 0.161 e. The molecule has 1 aliphatic rings. The molecule has 0 aliphatic carbocycles. The van der Waals surface area contributed by atoms with Crippen LogP contribution in [0.15, 0.2) is 61.1 Å². The Morgan fingerprint density at radius 3 is 2.80 bits per heavy atom. The van der Waals surface area contributed by atoms with Crippen LogP contribution in [0.25, 0.3) is 5.69 Å². The van der Waals surface area contributed by atoms with Gasteiger partial charge in [0.05, 0.1) is 29.8 Å². The molecule has 172 valence electrons. The lowest BCUT2D eigenvalue weighted by atomic mass is 9.99. The van der Waals surface area contributed by atoms with E-state index < -0.39 is 5.92 Å². The Hall–Kier alpha value is -4.36. The van der Waals surface area contributed by atoms with Crippen LogP contribution in [0.3, 0.4) is 0 Å². The number of fused-ring (bicyclic) bond motifs is 3. The average molecular weight is 483 g/mol. The summed E-state index contributed by atoms with van der Waals surface area (Å²) in [6.45, 7) is 2.04. The van der Waals surface area contributed by atoms with E-state index in [1.165, 1.54) is 18.3 Å². The highest BCUT2D eigenvalue weighted by atomic mass is 32.1. The number of halogens is 1. The second kappa shape index (κ2) is 9.12. The normalized spacial score (nSPS) is 15.0. The summed E-state index contributed by atoms with van der Waals surface area (Å²) in [5, 5.41) is 25.9. The number of thiocarbonyl (C=S) groups is 1. The fourth-order valence-corrected chi connectivity index (χ4v) is 4.56. The third kappa shape index (κ3) is 3.86. The number of nitrogens with one attached hydrogen (secondary N) is 1. The Balaban J connectivity index is 1.66. The van der Waals surface area contributed by atoms with Crippen molar-refractivity contribution >= 4 is 34.8 Å². The minimum Gasteiger partial charge on any atom is -0.314 e. The molecule has 2 atom stereocenters. The molecule has 2 unspecified atom stereocenters. The summed E-state index contributed by atoms with van der Waals surface area (Å²) in [5.41, 5.74) is 2.61.